The standard InChI is InChI=1S/C14H13ClN2O2/c1-10-7-12(8-13(15)16-10)17-14(18)19-9-11-5-3-2-4-6-11/h2-8H,9H2,1H3,(H,16,17,18). The Kier molecular flexibility index (Phi) is 4.36. The highest BCUT2D eigenvalue weighted by molar-refractivity contribution is 6.29. The fourth-order valence-corrected chi connectivity index (χ4v) is 1.83. The van der Waals surface area contributed by atoms with E-state index in [1.165, 1.54) is 0 Å². The molecule has 4 nitrogen and oxygen atoms in total. The number of hydrogen-bond acceptors (Lipinski definition) is 3. The summed E-state index contributed by atoms with van der Waals surface area (Å²) in [5, 5.41) is 2.94. The molecular weight excluding hydrogens is 264 g/mol. The van der Waals surface area contributed by atoms with E-state index in [2.05, 4.69) is 10.3 Å². The van der Waals surface area contributed by atoms with Crippen molar-refractivity contribution in [2.45, 2.75) is 13.5 Å². The van der Waals surface area contributed by atoms with Crippen molar-refractivity contribution < 1.29 is 9.53 Å². The van der Waals surface area contributed by atoms with Gasteiger partial charge in [-0.25, -0.2) is 9.78 Å². The first-order chi connectivity index (χ1) is 9.13. The van der Waals surface area contributed by atoms with Gasteiger partial charge in [0.15, 0.2) is 0 Å². The normalized spacial score (nSPS) is 10.0. The van der Waals surface area contributed by atoms with Crippen LogP contribution >= 0.6 is 11.6 Å². The quantitative estimate of drug-likeness (QED) is 0.868. The van der Waals surface area contributed by atoms with Crippen LogP contribution in [-0.2, 0) is 11.3 Å². The molecule has 0 unspecified atom stereocenters. The molecule has 0 spiro atoms. The molecule has 5 heteroatoms. The third kappa shape index (κ3) is 4.26. The molecule has 0 atom stereocenters. The summed E-state index contributed by atoms with van der Waals surface area (Å²) in [4.78, 5) is 15.6. The van der Waals surface area contributed by atoms with Crippen LogP contribution in [0.3, 0.4) is 0 Å². The summed E-state index contributed by atoms with van der Waals surface area (Å²) >= 11 is 5.80. The van der Waals surface area contributed by atoms with Crippen LogP contribution in [0.1, 0.15) is 11.3 Å². The van der Waals surface area contributed by atoms with Gasteiger partial charge in [-0.15, -0.1) is 0 Å². The summed E-state index contributed by atoms with van der Waals surface area (Å²) < 4.78 is 5.10. The van der Waals surface area contributed by atoms with Crippen molar-refractivity contribution >= 4 is 23.4 Å². The molecule has 0 radical (unpaired) electrons. The molecule has 0 bridgehead atoms. The Morgan fingerprint density at radius 3 is 2.74 bits per heavy atom. The van der Waals surface area contributed by atoms with Crippen LogP contribution < -0.4 is 5.32 Å². The first-order valence-corrected chi connectivity index (χ1v) is 6.13. The number of aromatic nitrogens is 1. The molecule has 98 valence electrons. The first-order valence-electron chi connectivity index (χ1n) is 5.75. The second kappa shape index (κ2) is 6.20. The molecule has 2 aromatic rings. The van der Waals surface area contributed by atoms with Gasteiger partial charge in [-0.05, 0) is 24.6 Å². The smallest absolute Gasteiger partial charge is 0.411 e. The number of halogens is 1. The molecule has 2 rings (SSSR count). The molecule has 19 heavy (non-hydrogen) atoms. The number of carbonyl (C=O) groups excluding carboxylic acids is 1. The fourth-order valence-electron chi connectivity index (χ4n) is 1.58. The minimum absolute atomic E-state index is 0.227. The molecule has 1 amide bonds. The SMILES string of the molecule is Cc1cc(NC(=O)OCc2ccccc2)cc(Cl)n1. The molecular formula is C14H13ClN2O2. The van der Waals surface area contributed by atoms with Gasteiger partial charge in [0.05, 0.1) is 0 Å². The molecule has 0 fully saturated rings. The van der Waals surface area contributed by atoms with Crippen molar-refractivity contribution in [2.75, 3.05) is 5.32 Å². The van der Waals surface area contributed by atoms with Gasteiger partial charge in [0.25, 0.3) is 0 Å². The van der Waals surface area contributed by atoms with E-state index in [1.807, 2.05) is 30.3 Å². The number of rotatable bonds is 3. The maximum atomic E-state index is 11.6. The van der Waals surface area contributed by atoms with Crippen LogP contribution in [-0.4, -0.2) is 11.1 Å². The molecule has 0 saturated carbocycles. The summed E-state index contributed by atoms with van der Waals surface area (Å²) in [6.45, 7) is 2.02. The summed E-state index contributed by atoms with van der Waals surface area (Å²) in [7, 11) is 0. The second-order valence-corrected chi connectivity index (χ2v) is 4.39. The van der Waals surface area contributed by atoms with Gasteiger partial charge in [-0.1, -0.05) is 41.9 Å². The number of nitrogens with zero attached hydrogens (tertiary/aromatic N) is 1. The molecule has 0 aliphatic rings. The Labute approximate surface area is 116 Å². The van der Waals surface area contributed by atoms with Crippen LogP contribution in [0.5, 0.6) is 0 Å². The minimum Gasteiger partial charge on any atom is -0.444 e. The summed E-state index contributed by atoms with van der Waals surface area (Å²) in [6, 6.07) is 12.8. The Morgan fingerprint density at radius 1 is 1.32 bits per heavy atom. The van der Waals surface area contributed by atoms with Crippen LogP contribution in [0.15, 0.2) is 42.5 Å². The summed E-state index contributed by atoms with van der Waals surface area (Å²) in [5.41, 5.74) is 2.23. The van der Waals surface area contributed by atoms with E-state index < -0.39 is 6.09 Å². The zero-order valence-electron chi connectivity index (χ0n) is 10.4. The lowest BCUT2D eigenvalue weighted by Crippen LogP contribution is -2.13. The van der Waals surface area contributed by atoms with Crippen molar-refractivity contribution in [2.24, 2.45) is 0 Å². The van der Waals surface area contributed by atoms with Gasteiger partial charge in [-0.3, -0.25) is 5.32 Å². The number of anilines is 1. The molecule has 1 N–H and O–H groups in total. The number of pyridine rings is 1. The van der Waals surface area contributed by atoms with Crippen molar-refractivity contribution in [1.82, 2.24) is 4.98 Å². The molecule has 1 aromatic heterocycles. The van der Waals surface area contributed by atoms with Crippen LogP contribution in [0.25, 0.3) is 0 Å². The van der Waals surface area contributed by atoms with Gasteiger partial charge in [0, 0.05) is 11.4 Å². The van der Waals surface area contributed by atoms with E-state index >= 15 is 0 Å². The van der Waals surface area contributed by atoms with Gasteiger partial charge in [0.2, 0.25) is 0 Å². The highest BCUT2D eigenvalue weighted by atomic mass is 35.5. The number of ether oxygens (including phenoxy) is 1. The largest absolute Gasteiger partial charge is 0.444 e. The number of carbonyl (C=O) groups is 1. The number of hydrogen-bond donors (Lipinski definition) is 1. The van der Waals surface area contributed by atoms with E-state index in [1.54, 1.807) is 19.1 Å². The van der Waals surface area contributed by atoms with Crippen molar-refractivity contribution in [1.29, 1.82) is 0 Å². The fraction of sp³-hybridized carbons (Fsp3) is 0.143. The third-order valence-electron chi connectivity index (χ3n) is 2.38. The highest BCUT2D eigenvalue weighted by Gasteiger charge is 2.05. The van der Waals surface area contributed by atoms with E-state index in [-0.39, 0.29) is 6.61 Å². The Hall–Kier alpha value is -2.07. The molecule has 0 aliphatic heterocycles. The molecule has 0 aliphatic carbocycles. The highest BCUT2D eigenvalue weighted by Crippen LogP contribution is 2.15. The van der Waals surface area contributed by atoms with Crippen molar-refractivity contribution in [3.63, 3.8) is 0 Å². The van der Waals surface area contributed by atoms with E-state index in [9.17, 15) is 4.79 Å². The zero-order chi connectivity index (χ0) is 13.7. The summed E-state index contributed by atoms with van der Waals surface area (Å²) in [6.07, 6.45) is -0.523. The monoisotopic (exact) mass is 276 g/mol. The Morgan fingerprint density at radius 2 is 2.05 bits per heavy atom. The predicted octanol–water partition coefficient (Wildman–Crippen LogP) is 3.79. The van der Waals surface area contributed by atoms with Gasteiger partial charge in [0.1, 0.15) is 11.8 Å². The Balaban J connectivity index is 1.91. The van der Waals surface area contributed by atoms with Crippen molar-refractivity contribution in [3.05, 3.63) is 58.9 Å². The second-order valence-electron chi connectivity index (χ2n) is 4.01. The lowest BCUT2D eigenvalue weighted by molar-refractivity contribution is 0.155. The minimum atomic E-state index is -0.523. The third-order valence-corrected chi connectivity index (χ3v) is 2.57. The molecule has 0 saturated heterocycles. The van der Waals surface area contributed by atoms with E-state index in [4.69, 9.17) is 16.3 Å². The van der Waals surface area contributed by atoms with Gasteiger partial charge >= 0.3 is 6.09 Å². The average molecular weight is 277 g/mol. The van der Waals surface area contributed by atoms with Crippen LogP contribution in [0.2, 0.25) is 5.15 Å². The maximum absolute atomic E-state index is 11.6. The van der Waals surface area contributed by atoms with Gasteiger partial charge < -0.3 is 4.74 Å². The predicted molar refractivity (Wildman–Crippen MR) is 74.2 cm³/mol. The Bertz CT molecular complexity index is 553. The van der Waals surface area contributed by atoms with E-state index in [0.717, 1.165) is 11.3 Å². The molecule has 1 heterocycles. The number of amides is 1. The van der Waals surface area contributed by atoms with Gasteiger partial charge in [-0.2, -0.15) is 0 Å². The summed E-state index contributed by atoms with van der Waals surface area (Å²) in [5.74, 6) is 0. The number of aryl methyl sites for hydroxylation is 1. The van der Waals surface area contributed by atoms with Crippen LogP contribution in [0.4, 0.5) is 10.5 Å². The average Bonchev–Trinajstić information content (AvgIpc) is 2.36. The number of nitrogens with one attached hydrogen (secondary N) is 1. The lowest BCUT2D eigenvalue weighted by Gasteiger charge is -2.07. The topological polar surface area (TPSA) is 51.2 Å². The molecule has 1 aromatic carbocycles. The van der Waals surface area contributed by atoms with E-state index in [0.29, 0.717) is 10.8 Å². The lowest BCUT2D eigenvalue weighted by atomic mass is 10.2. The van der Waals surface area contributed by atoms with Crippen LogP contribution in [0, 0.1) is 6.92 Å². The maximum Gasteiger partial charge on any atom is 0.411 e. The number of benzene rings is 1. The zero-order valence-corrected chi connectivity index (χ0v) is 11.1. The van der Waals surface area contributed by atoms with Crippen molar-refractivity contribution in [3.8, 4) is 0 Å². The first kappa shape index (κ1) is 13.4.